The first-order chi connectivity index (χ1) is 14.9. The number of ether oxygens (including phenoxy) is 2. The summed E-state index contributed by atoms with van der Waals surface area (Å²) >= 11 is 0. The van der Waals surface area contributed by atoms with Crippen molar-refractivity contribution >= 4 is 27.3 Å². The maximum atomic E-state index is 13.4. The van der Waals surface area contributed by atoms with Gasteiger partial charge in [0, 0.05) is 5.69 Å². The van der Waals surface area contributed by atoms with Crippen molar-refractivity contribution in [1.82, 2.24) is 0 Å². The summed E-state index contributed by atoms with van der Waals surface area (Å²) in [6, 6.07) is 20.3. The van der Waals surface area contributed by atoms with Crippen LogP contribution in [-0.2, 0) is 14.8 Å². The second-order valence-electron chi connectivity index (χ2n) is 7.14. The van der Waals surface area contributed by atoms with Gasteiger partial charge in [0.2, 0.25) is 0 Å². The van der Waals surface area contributed by atoms with E-state index >= 15 is 0 Å². The molecule has 1 atom stereocenters. The third kappa shape index (κ3) is 4.20. The Kier molecular flexibility index (Phi) is 5.56. The summed E-state index contributed by atoms with van der Waals surface area (Å²) < 4.78 is 39.0. The number of para-hydroxylation sites is 2. The number of hydrogen-bond acceptors (Lipinski definition) is 5. The summed E-state index contributed by atoms with van der Waals surface area (Å²) in [5.74, 6) is 0.460. The Balaban J connectivity index is 1.66. The van der Waals surface area contributed by atoms with Gasteiger partial charge in [0.05, 0.1) is 24.2 Å². The van der Waals surface area contributed by atoms with Gasteiger partial charge in [0.15, 0.2) is 6.10 Å². The Bertz CT molecular complexity index is 1210. The van der Waals surface area contributed by atoms with E-state index in [9.17, 15) is 13.2 Å². The van der Waals surface area contributed by atoms with Crippen LogP contribution in [0, 0.1) is 6.92 Å². The molecule has 0 saturated heterocycles. The molecule has 1 aliphatic rings. The van der Waals surface area contributed by atoms with Gasteiger partial charge < -0.3 is 14.8 Å². The van der Waals surface area contributed by atoms with Crippen LogP contribution in [0.25, 0.3) is 0 Å². The van der Waals surface area contributed by atoms with Crippen molar-refractivity contribution in [3.63, 3.8) is 0 Å². The largest absolute Gasteiger partial charge is 0.497 e. The molecule has 0 bridgehead atoms. The highest BCUT2D eigenvalue weighted by molar-refractivity contribution is 7.92. The number of anilines is 2. The Morgan fingerprint density at radius 3 is 2.52 bits per heavy atom. The van der Waals surface area contributed by atoms with Crippen molar-refractivity contribution in [2.45, 2.75) is 17.9 Å². The van der Waals surface area contributed by atoms with Crippen molar-refractivity contribution in [2.75, 3.05) is 23.3 Å². The zero-order valence-electron chi connectivity index (χ0n) is 17.1. The highest BCUT2D eigenvalue weighted by Crippen LogP contribution is 2.37. The maximum Gasteiger partial charge on any atom is 0.267 e. The van der Waals surface area contributed by atoms with Gasteiger partial charge in [0.25, 0.3) is 15.9 Å². The number of aryl methyl sites for hydroxylation is 1. The number of fused-ring (bicyclic) bond motifs is 1. The Labute approximate surface area is 181 Å². The van der Waals surface area contributed by atoms with Crippen LogP contribution in [0.4, 0.5) is 11.4 Å². The standard InChI is InChI=1S/C23H22N2O5S/c1-16-6-5-7-17(14-16)24-23(26)22-15-25(20-8-3-4-9-21(20)30-22)31(27,28)19-12-10-18(29-2)11-13-19/h3-14,22H,15H2,1-2H3,(H,24,26)/t22-/m1/s1. The maximum absolute atomic E-state index is 13.4. The Morgan fingerprint density at radius 1 is 1.06 bits per heavy atom. The van der Waals surface area contributed by atoms with Crippen LogP contribution in [-0.4, -0.2) is 34.1 Å². The number of nitrogens with zero attached hydrogens (tertiary/aromatic N) is 1. The van der Waals surface area contributed by atoms with Crippen molar-refractivity contribution in [1.29, 1.82) is 0 Å². The van der Waals surface area contributed by atoms with Crippen LogP contribution in [0.1, 0.15) is 5.56 Å². The molecule has 8 heteroatoms. The molecule has 0 aromatic heterocycles. The van der Waals surface area contributed by atoms with Crippen LogP contribution >= 0.6 is 0 Å². The van der Waals surface area contributed by atoms with Crippen LogP contribution in [0.15, 0.2) is 77.7 Å². The number of amides is 1. The molecule has 3 aromatic rings. The van der Waals surface area contributed by atoms with E-state index in [1.165, 1.54) is 23.5 Å². The number of methoxy groups -OCH3 is 1. The fourth-order valence-corrected chi connectivity index (χ4v) is 4.86. The summed E-state index contributed by atoms with van der Waals surface area (Å²) in [5.41, 5.74) is 2.01. The smallest absolute Gasteiger partial charge is 0.267 e. The van der Waals surface area contributed by atoms with Gasteiger partial charge in [-0.05, 0) is 61.0 Å². The van der Waals surface area contributed by atoms with Crippen molar-refractivity contribution in [3.8, 4) is 11.5 Å². The van der Waals surface area contributed by atoms with E-state index in [-0.39, 0.29) is 11.4 Å². The van der Waals surface area contributed by atoms with E-state index in [0.717, 1.165) is 5.56 Å². The minimum atomic E-state index is -3.93. The fraction of sp³-hybridized carbons (Fsp3) is 0.174. The molecule has 31 heavy (non-hydrogen) atoms. The summed E-state index contributed by atoms with van der Waals surface area (Å²) in [5, 5.41) is 2.81. The molecule has 0 aliphatic carbocycles. The number of benzene rings is 3. The quantitative estimate of drug-likeness (QED) is 0.658. The molecule has 1 amide bonds. The topological polar surface area (TPSA) is 84.9 Å². The van der Waals surface area contributed by atoms with Crippen molar-refractivity contribution in [3.05, 3.63) is 78.4 Å². The third-order valence-corrected chi connectivity index (χ3v) is 6.75. The van der Waals surface area contributed by atoms with E-state index < -0.39 is 22.0 Å². The minimum Gasteiger partial charge on any atom is -0.497 e. The van der Waals surface area contributed by atoms with Gasteiger partial charge in [-0.1, -0.05) is 24.3 Å². The van der Waals surface area contributed by atoms with Crippen LogP contribution in [0.5, 0.6) is 11.5 Å². The first kappa shape index (κ1) is 20.7. The van der Waals surface area contributed by atoms with Gasteiger partial charge in [-0.3, -0.25) is 9.10 Å². The number of hydrogen-bond donors (Lipinski definition) is 1. The lowest BCUT2D eigenvalue weighted by Gasteiger charge is -2.34. The highest BCUT2D eigenvalue weighted by Gasteiger charge is 2.37. The molecule has 1 aliphatic heterocycles. The van der Waals surface area contributed by atoms with Gasteiger partial charge in [-0.25, -0.2) is 8.42 Å². The monoisotopic (exact) mass is 438 g/mol. The lowest BCUT2D eigenvalue weighted by molar-refractivity contribution is -0.122. The molecule has 0 saturated carbocycles. The molecule has 3 aromatic carbocycles. The molecule has 7 nitrogen and oxygen atoms in total. The summed E-state index contributed by atoms with van der Waals surface area (Å²) in [7, 11) is -2.42. The van der Waals surface area contributed by atoms with E-state index in [4.69, 9.17) is 9.47 Å². The summed E-state index contributed by atoms with van der Waals surface area (Å²) in [6.45, 7) is 1.77. The van der Waals surface area contributed by atoms with E-state index in [0.29, 0.717) is 22.9 Å². The van der Waals surface area contributed by atoms with Crippen molar-refractivity contribution < 1.29 is 22.7 Å². The third-order valence-electron chi connectivity index (χ3n) is 4.96. The summed E-state index contributed by atoms with van der Waals surface area (Å²) in [4.78, 5) is 13.0. The first-order valence-electron chi connectivity index (χ1n) is 9.68. The number of carbonyl (C=O) groups excluding carboxylic acids is 1. The molecule has 160 valence electrons. The zero-order valence-corrected chi connectivity index (χ0v) is 17.9. The molecule has 1 heterocycles. The second-order valence-corrected chi connectivity index (χ2v) is 9.01. The Morgan fingerprint density at radius 2 is 1.81 bits per heavy atom. The van der Waals surface area contributed by atoms with Crippen LogP contribution < -0.4 is 19.1 Å². The van der Waals surface area contributed by atoms with E-state index in [2.05, 4.69) is 5.32 Å². The highest BCUT2D eigenvalue weighted by atomic mass is 32.2. The minimum absolute atomic E-state index is 0.0999. The zero-order chi connectivity index (χ0) is 22.0. The second kappa shape index (κ2) is 8.31. The van der Waals surface area contributed by atoms with Gasteiger partial charge in [-0.2, -0.15) is 0 Å². The van der Waals surface area contributed by atoms with Gasteiger partial charge >= 0.3 is 0 Å². The van der Waals surface area contributed by atoms with Crippen LogP contribution in [0.3, 0.4) is 0 Å². The average Bonchev–Trinajstić information content (AvgIpc) is 2.78. The van der Waals surface area contributed by atoms with Crippen molar-refractivity contribution in [2.24, 2.45) is 0 Å². The fourth-order valence-electron chi connectivity index (χ4n) is 3.39. The molecule has 1 N–H and O–H groups in total. The lowest BCUT2D eigenvalue weighted by atomic mass is 10.2. The molecule has 0 radical (unpaired) electrons. The van der Waals surface area contributed by atoms with E-state index in [1.807, 2.05) is 25.1 Å². The summed E-state index contributed by atoms with van der Waals surface area (Å²) in [6.07, 6.45) is -1.01. The predicted octanol–water partition coefficient (Wildman–Crippen LogP) is 3.60. The molecule has 0 unspecified atom stereocenters. The molecule has 0 spiro atoms. The van der Waals surface area contributed by atoms with E-state index in [1.54, 1.807) is 42.5 Å². The SMILES string of the molecule is COc1ccc(S(=O)(=O)N2C[C@H](C(=O)Nc3cccc(C)c3)Oc3ccccc32)cc1. The first-order valence-corrected chi connectivity index (χ1v) is 11.1. The number of rotatable bonds is 5. The lowest BCUT2D eigenvalue weighted by Crippen LogP contribution is -2.48. The molecule has 4 rings (SSSR count). The van der Waals surface area contributed by atoms with Gasteiger partial charge in [-0.15, -0.1) is 0 Å². The van der Waals surface area contributed by atoms with Gasteiger partial charge in [0.1, 0.15) is 11.5 Å². The van der Waals surface area contributed by atoms with Crippen LogP contribution in [0.2, 0.25) is 0 Å². The molecule has 0 fully saturated rings. The molecular weight excluding hydrogens is 416 g/mol. The average molecular weight is 439 g/mol. The predicted molar refractivity (Wildman–Crippen MR) is 118 cm³/mol. The Hall–Kier alpha value is -3.52. The molecular formula is C23H22N2O5S. The number of sulfonamides is 1. The number of carbonyl (C=O) groups is 1. The normalized spacial score (nSPS) is 15.5. The number of nitrogens with one attached hydrogen (secondary N) is 1.